The average Bonchev–Trinajstić information content (AvgIpc) is 2.49. The highest BCUT2D eigenvalue weighted by atomic mass is 16.1. The highest BCUT2D eigenvalue weighted by Crippen LogP contribution is 2.23. The topological polar surface area (TPSA) is 17.1 Å². The van der Waals surface area contributed by atoms with Crippen LogP contribution in [-0.4, -0.2) is 5.78 Å². The summed E-state index contributed by atoms with van der Waals surface area (Å²) >= 11 is 0. The molecule has 1 aliphatic carbocycles. The van der Waals surface area contributed by atoms with Gasteiger partial charge < -0.3 is 0 Å². The SMILES string of the molecule is O=C1c2ccc[c]c2CCc2ccccc21. The third-order valence-electron chi connectivity index (χ3n) is 3.09. The van der Waals surface area contributed by atoms with Gasteiger partial charge in [-0.05, 0) is 30.0 Å². The van der Waals surface area contributed by atoms with Crippen LogP contribution >= 0.6 is 0 Å². The highest BCUT2D eigenvalue weighted by molar-refractivity contribution is 6.11. The summed E-state index contributed by atoms with van der Waals surface area (Å²) in [5, 5.41) is 0. The fraction of sp³-hybridized carbons (Fsp3) is 0.133. The van der Waals surface area contributed by atoms with Crippen LogP contribution in [0.25, 0.3) is 0 Å². The second kappa shape index (κ2) is 3.60. The number of carbonyl (C=O) groups is 1. The lowest BCUT2D eigenvalue weighted by atomic mass is 9.99. The maximum absolute atomic E-state index is 12.3. The normalized spacial score (nSPS) is 13.9. The third-order valence-corrected chi connectivity index (χ3v) is 3.09. The van der Waals surface area contributed by atoms with Gasteiger partial charge in [0.1, 0.15) is 0 Å². The van der Waals surface area contributed by atoms with Crippen molar-refractivity contribution in [2.24, 2.45) is 0 Å². The molecular weight excluding hydrogens is 196 g/mol. The fourth-order valence-corrected chi connectivity index (χ4v) is 2.26. The minimum absolute atomic E-state index is 0.139. The second-order valence-corrected chi connectivity index (χ2v) is 4.05. The highest BCUT2D eigenvalue weighted by Gasteiger charge is 2.19. The molecule has 16 heavy (non-hydrogen) atoms. The molecule has 1 nitrogen and oxygen atoms in total. The molecule has 0 saturated heterocycles. The van der Waals surface area contributed by atoms with Crippen molar-refractivity contribution in [3.05, 3.63) is 70.8 Å². The summed E-state index contributed by atoms with van der Waals surface area (Å²) in [4.78, 5) is 12.3. The Bertz CT molecular complexity index is 505. The van der Waals surface area contributed by atoms with Crippen molar-refractivity contribution in [2.75, 3.05) is 0 Å². The van der Waals surface area contributed by atoms with E-state index in [4.69, 9.17) is 0 Å². The molecule has 0 amide bonds. The predicted molar refractivity (Wildman–Crippen MR) is 62.6 cm³/mol. The summed E-state index contributed by atoms with van der Waals surface area (Å²) in [6.07, 6.45) is 1.83. The van der Waals surface area contributed by atoms with Gasteiger partial charge in [0.15, 0.2) is 5.78 Å². The molecule has 0 spiro atoms. The first-order valence-corrected chi connectivity index (χ1v) is 5.48. The minimum atomic E-state index is 0.139. The van der Waals surface area contributed by atoms with Crippen LogP contribution in [0.1, 0.15) is 27.0 Å². The van der Waals surface area contributed by atoms with Crippen molar-refractivity contribution >= 4 is 5.78 Å². The molecule has 1 aliphatic rings. The molecule has 0 heterocycles. The average molecular weight is 207 g/mol. The Balaban J connectivity index is 2.22. The van der Waals surface area contributed by atoms with E-state index in [1.165, 1.54) is 0 Å². The zero-order chi connectivity index (χ0) is 11.0. The van der Waals surface area contributed by atoms with Crippen LogP contribution in [0.5, 0.6) is 0 Å². The molecule has 1 heteroatoms. The van der Waals surface area contributed by atoms with E-state index in [0.717, 1.165) is 35.1 Å². The van der Waals surface area contributed by atoms with Gasteiger partial charge in [-0.3, -0.25) is 4.79 Å². The van der Waals surface area contributed by atoms with Gasteiger partial charge in [0.05, 0.1) is 0 Å². The molecule has 3 rings (SSSR count). The molecule has 2 aromatic rings. The molecule has 77 valence electrons. The van der Waals surface area contributed by atoms with E-state index in [-0.39, 0.29) is 5.78 Å². The van der Waals surface area contributed by atoms with Gasteiger partial charge in [0.25, 0.3) is 0 Å². The maximum Gasteiger partial charge on any atom is 0.193 e. The van der Waals surface area contributed by atoms with E-state index in [1.807, 2.05) is 42.5 Å². The minimum Gasteiger partial charge on any atom is -0.289 e. The zero-order valence-electron chi connectivity index (χ0n) is 8.86. The van der Waals surface area contributed by atoms with E-state index in [9.17, 15) is 4.79 Å². The summed E-state index contributed by atoms with van der Waals surface area (Å²) in [6.45, 7) is 0. The van der Waals surface area contributed by atoms with Crippen LogP contribution in [-0.2, 0) is 12.8 Å². The molecule has 0 atom stereocenters. The molecule has 0 saturated carbocycles. The van der Waals surface area contributed by atoms with Crippen LogP contribution in [0, 0.1) is 6.07 Å². The first-order valence-electron chi connectivity index (χ1n) is 5.48. The summed E-state index contributed by atoms with van der Waals surface area (Å²) in [7, 11) is 0. The van der Waals surface area contributed by atoms with Crippen LogP contribution in [0.4, 0.5) is 0 Å². The monoisotopic (exact) mass is 207 g/mol. The maximum atomic E-state index is 12.3. The van der Waals surface area contributed by atoms with E-state index in [2.05, 4.69) is 6.07 Å². The van der Waals surface area contributed by atoms with Crippen molar-refractivity contribution in [3.63, 3.8) is 0 Å². The predicted octanol–water partition coefficient (Wildman–Crippen LogP) is 2.82. The van der Waals surface area contributed by atoms with E-state index in [0.29, 0.717) is 0 Å². The Morgan fingerprint density at radius 3 is 2.69 bits per heavy atom. The molecule has 2 aromatic carbocycles. The first-order chi connectivity index (χ1) is 7.86. The van der Waals surface area contributed by atoms with Crippen molar-refractivity contribution in [3.8, 4) is 0 Å². The number of benzene rings is 2. The smallest absolute Gasteiger partial charge is 0.193 e. The lowest BCUT2D eigenvalue weighted by Crippen LogP contribution is -2.03. The van der Waals surface area contributed by atoms with Crippen molar-refractivity contribution in [1.29, 1.82) is 0 Å². The number of ketones is 1. The Kier molecular flexibility index (Phi) is 2.10. The van der Waals surface area contributed by atoms with Crippen molar-refractivity contribution in [2.45, 2.75) is 12.8 Å². The molecule has 0 fully saturated rings. The van der Waals surface area contributed by atoms with E-state index >= 15 is 0 Å². The molecule has 0 unspecified atom stereocenters. The van der Waals surface area contributed by atoms with Gasteiger partial charge in [-0.2, -0.15) is 0 Å². The number of rotatable bonds is 0. The lowest BCUT2D eigenvalue weighted by molar-refractivity contribution is 0.103. The Morgan fingerprint density at radius 1 is 0.938 bits per heavy atom. The summed E-state index contributed by atoms with van der Waals surface area (Å²) in [6, 6.07) is 16.7. The number of hydrogen-bond acceptors (Lipinski definition) is 1. The van der Waals surface area contributed by atoms with Crippen molar-refractivity contribution < 1.29 is 4.79 Å². The molecule has 0 aromatic heterocycles. The zero-order valence-corrected chi connectivity index (χ0v) is 8.86. The Hall–Kier alpha value is -1.89. The largest absolute Gasteiger partial charge is 0.289 e. The Labute approximate surface area is 94.7 Å². The second-order valence-electron chi connectivity index (χ2n) is 4.05. The van der Waals surface area contributed by atoms with Crippen molar-refractivity contribution in [1.82, 2.24) is 0 Å². The number of fused-ring (bicyclic) bond motifs is 2. The molecular formula is C15H11O. The van der Waals surface area contributed by atoms with Gasteiger partial charge in [0, 0.05) is 11.1 Å². The number of carbonyl (C=O) groups excluding carboxylic acids is 1. The van der Waals surface area contributed by atoms with Gasteiger partial charge in [-0.25, -0.2) is 0 Å². The lowest BCUT2D eigenvalue weighted by Gasteiger charge is -2.03. The standard InChI is InChI=1S/C15H11O/c16-15-13-7-3-1-5-11(13)9-10-12-6-2-4-8-14(12)15/h1-5,7-8H,9-10H2. The summed E-state index contributed by atoms with van der Waals surface area (Å²) < 4.78 is 0. The number of aryl methyl sites for hydroxylation is 2. The van der Waals surface area contributed by atoms with Crippen LogP contribution < -0.4 is 0 Å². The fourth-order valence-electron chi connectivity index (χ4n) is 2.26. The molecule has 0 bridgehead atoms. The first kappa shape index (κ1) is 9.34. The quantitative estimate of drug-likeness (QED) is 0.649. The molecule has 0 aliphatic heterocycles. The Morgan fingerprint density at radius 2 is 1.75 bits per heavy atom. The molecule has 1 radical (unpaired) electrons. The van der Waals surface area contributed by atoms with E-state index < -0.39 is 0 Å². The van der Waals surface area contributed by atoms with Gasteiger partial charge in [-0.15, -0.1) is 0 Å². The summed E-state index contributed by atoms with van der Waals surface area (Å²) in [5.41, 5.74) is 3.86. The van der Waals surface area contributed by atoms with Gasteiger partial charge in [-0.1, -0.05) is 42.5 Å². The van der Waals surface area contributed by atoms with Crippen LogP contribution in [0.3, 0.4) is 0 Å². The van der Waals surface area contributed by atoms with Crippen LogP contribution in [0.15, 0.2) is 42.5 Å². The number of hydrogen-bond donors (Lipinski definition) is 0. The van der Waals surface area contributed by atoms with E-state index in [1.54, 1.807) is 0 Å². The molecule has 0 N–H and O–H groups in total. The van der Waals surface area contributed by atoms with Crippen LogP contribution in [0.2, 0.25) is 0 Å². The van der Waals surface area contributed by atoms with Gasteiger partial charge >= 0.3 is 0 Å². The summed E-state index contributed by atoms with van der Waals surface area (Å²) in [5.74, 6) is 0.139. The third kappa shape index (κ3) is 1.36. The van der Waals surface area contributed by atoms with Gasteiger partial charge in [0.2, 0.25) is 0 Å².